The lowest BCUT2D eigenvalue weighted by atomic mass is 10.0. The second-order valence-electron chi connectivity index (χ2n) is 5.45. The molecule has 2 aromatic rings. The number of benzene rings is 2. The van der Waals surface area contributed by atoms with Crippen molar-refractivity contribution >= 4 is 6.09 Å². The first kappa shape index (κ1) is 17.0. The Morgan fingerprint density at radius 2 is 1.35 bits per heavy atom. The second kappa shape index (κ2) is 9.64. The molecule has 1 amide bonds. The summed E-state index contributed by atoms with van der Waals surface area (Å²) in [5.41, 5.74) is 6.91. The van der Waals surface area contributed by atoms with Crippen LogP contribution >= 0.6 is 0 Å². The van der Waals surface area contributed by atoms with Gasteiger partial charge < -0.3 is 15.8 Å². The summed E-state index contributed by atoms with van der Waals surface area (Å²) in [6.45, 7) is 2.50. The molecular formula is C19H24N2O2. The van der Waals surface area contributed by atoms with E-state index in [9.17, 15) is 4.79 Å². The molecule has 3 rings (SSSR count). The van der Waals surface area contributed by atoms with Crippen LogP contribution in [0.2, 0.25) is 0 Å². The number of hydrogen-bond donors (Lipinski definition) is 2. The van der Waals surface area contributed by atoms with Crippen molar-refractivity contribution in [3.05, 3.63) is 71.8 Å². The Balaban J connectivity index is 0.000000268. The number of hydrogen-bond acceptors (Lipinski definition) is 3. The smallest absolute Gasteiger partial charge is 0.405 e. The molecule has 0 spiro atoms. The highest BCUT2D eigenvalue weighted by molar-refractivity contribution is 5.65. The van der Waals surface area contributed by atoms with E-state index in [0.717, 1.165) is 11.1 Å². The number of carbonyl (C=O) groups is 1. The van der Waals surface area contributed by atoms with Crippen LogP contribution in [0, 0.1) is 0 Å². The molecule has 4 heteroatoms. The first-order chi connectivity index (χ1) is 11.3. The fraction of sp³-hybridized carbons (Fsp3) is 0.316. The summed E-state index contributed by atoms with van der Waals surface area (Å²) >= 11 is 0. The van der Waals surface area contributed by atoms with Crippen LogP contribution in [0.4, 0.5) is 4.79 Å². The topological polar surface area (TPSA) is 64.3 Å². The van der Waals surface area contributed by atoms with Crippen molar-refractivity contribution in [1.29, 1.82) is 0 Å². The van der Waals surface area contributed by atoms with Crippen LogP contribution in [0.5, 0.6) is 0 Å². The number of nitrogens with two attached hydrogens (primary N) is 1. The van der Waals surface area contributed by atoms with Gasteiger partial charge in [0.05, 0.1) is 0 Å². The fourth-order valence-electron chi connectivity index (χ4n) is 2.50. The van der Waals surface area contributed by atoms with E-state index >= 15 is 0 Å². The Hall–Kier alpha value is -2.33. The van der Waals surface area contributed by atoms with Crippen molar-refractivity contribution in [3.8, 4) is 0 Å². The van der Waals surface area contributed by atoms with Gasteiger partial charge in [-0.1, -0.05) is 67.1 Å². The van der Waals surface area contributed by atoms with Gasteiger partial charge in [0.25, 0.3) is 0 Å². The van der Waals surface area contributed by atoms with E-state index in [1.165, 1.54) is 32.4 Å². The SMILES string of the molecule is C1CCNCC1.NC(=O)OC(c1ccccc1)c1ccccc1. The molecule has 2 aromatic carbocycles. The van der Waals surface area contributed by atoms with E-state index in [4.69, 9.17) is 10.5 Å². The molecule has 0 radical (unpaired) electrons. The highest BCUT2D eigenvalue weighted by atomic mass is 16.6. The van der Waals surface area contributed by atoms with Gasteiger partial charge in [0.2, 0.25) is 0 Å². The maximum atomic E-state index is 11.0. The van der Waals surface area contributed by atoms with Crippen molar-refractivity contribution in [1.82, 2.24) is 5.32 Å². The standard InChI is InChI=1S/C14H13NO2.C5H11N/c15-14(16)17-13(11-7-3-1-4-8-11)12-9-5-2-6-10-12;1-2-4-6-5-3-1/h1-10,13H,(H2,15,16);6H,1-5H2. The van der Waals surface area contributed by atoms with Gasteiger partial charge in [-0.05, 0) is 37.1 Å². The maximum absolute atomic E-state index is 11.0. The van der Waals surface area contributed by atoms with Gasteiger partial charge >= 0.3 is 6.09 Å². The number of primary amides is 1. The van der Waals surface area contributed by atoms with Gasteiger partial charge in [-0.2, -0.15) is 0 Å². The Labute approximate surface area is 137 Å². The zero-order valence-corrected chi connectivity index (χ0v) is 13.3. The molecule has 1 saturated heterocycles. The van der Waals surface area contributed by atoms with Gasteiger partial charge in [-0.15, -0.1) is 0 Å². The molecule has 0 saturated carbocycles. The number of nitrogens with one attached hydrogen (secondary N) is 1. The van der Waals surface area contributed by atoms with Gasteiger partial charge in [0, 0.05) is 0 Å². The minimum absolute atomic E-state index is 0.449. The molecule has 0 aromatic heterocycles. The summed E-state index contributed by atoms with van der Waals surface area (Å²) in [6, 6.07) is 19.0. The molecule has 122 valence electrons. The Bertz CT molecular complexity index is 517. The second-order valence-corrected chi connectivity index (χ2v) is 5.45. The summed E-state index contributed by atoms with van der Waals surface area (Å²) in [7, 11) is 0. The summed E-state index contributed by atoms with van der Waals surface area (Å²) in [5, 5.41) is 3.28. The first-order valence-corrected chi connectivity index (χ1v) is 8.04. The molecule has 4 nitrogen and oxygen atoms in total. The zero-order valence-electron chi connectivity index (χ0n) is 13.3. The Morgan fingerprint density at radius 3 is 1.65 bits per heavy atom. The van der Waals surface area contributed by atoms with Gasteiger partial charge in [0.15, 0.2) is 6.10 Å². The fourth-order valence-corrected chi connectivity index (χ4v) is 2.50. The number of ether oxygens (including phenoxy) is 1. The summed E-state index contributed by atoms with van der Waals surface area (Å²) in [4.78, 5) is 11.0. The van der Waals surface area contributed by atoms with E-state index < -0.39 is 12.2 Å². The molecule has 0 aliphatic carbocycles. The molecule has 0 unspecified atom stereocenters. The summed E-state index contributed by atoms with van der Waals surface area (Å²) in [5.74, 6) is 0. The molecule has 1 heterocycles. The Morgan fingerprint density at radius 1 is 0.870 bits per heavy atom. The largest absolute Gasteiger partial charge is 0.437 e. The van der Waals surface area contributed by atoms with Crippen molar-refractivity contribution in [2.24, 2.45) is 5.73 Å². The van der Waals surface area contributed by atoms with Gasteiger partial charge in [0.1, 0.15) is 0 Å². The van der Waals surface area contributed by atoms with Crippen LogP contribution in [-0.4, -0.2) is 19.2 Å². The lowest BCUT2D eigenvalue weighted by molar-refractivity contribution is 0.126. The number of rotatable bonds is 3. The molecule has 0 bridgehead atoms. The van der Waals surface area contributed by atoms with Crippen molar-refractivity contribution in [3.63, 3.8) is 0 Å². The third-order valence-electron chi connectivity index (χ3n) is 3.65. The maximum Gasteiger partial charge on any atom is 0.405 e. The van der Waals surface area contributed by atoms with E-state index in [2.05, 4.69) is 5.32 Å². The molecule has 0 atom stereocenters. The molecule has 1 fully saturated rings. The van der Waals surface area contributed by atoms with Crippen molar-refractivity contribution in [2.45, 2.75) is 25.4 Å². The highest BCUT2D eigenvalue weighted by Crippen LogP contribution is 2.25. The molecular weight excluding hydrogens is 288 g/mol. The summed E-state index contributed by atoms with van der Waals surface area (Å²) < 4.78 is 5.16. The molecule has 1 aliphatic heterocycles. The van der Waals surface area contributed by atoms with Crippen LogP contribution in [-0.2, 0) is 4.74 Å². The van der Waals surface area contributed by atoms with Crippen molar-refractivity contribution in [2.75, 3.05) is 13.1 Å². The average Bonchev–Trinajstić information content (AvgIpc) is 2.63. The third kappa shape index (κ3) is 6.12. The van der Waals surface area contributed by atoms with Crippen LogP contribution in [0.25, 0.3) is 0 Å². The van der Waals surface area contributed by atoms with Crippen LogP contribution in [0.1, 0.15) is 36.5 Å². The van der Waals surface area contributed by atoms with Crippen LogP contribution in [0.15, 0.2) is 60.7 Å². The quantitative estimate of drug-likeness (QED) is 0.909. The normalized spacial score (nSPS) is 13.8. The number of amides is 1. The van der Waals surface area contributed by atoms with E-state index in [0.29, 0.717) is 0 Å². The predicted molar refractivity (Wildman–Crippen MR) is 92.1 cm³/mol. The van der Waals surface area contributed by atoms with Crippen molar-refractivity contribution < 1.29 is 9.53 Å². The van der Waals surface area contributed by atoms with Crippen LogP contribution in [0.3, 0.4) is 0 Å². The minimum atomic E-state index is -0.775. The lowest BCUT2D eigenvalue weighted by Crippen LogP contribution is -2.21. The van der Waals surface area contributed by atoms with E-state index in [-0.39, 0.29) is 0 Å². The molecule has 1 aliphatic rings. The van der Waals surface area contributed by atoms with E-state index in [1.54, 1.807) is 0 Å². The lowest BCUT2D eigenvalue weighted by Gasteiger charge is -2.17. The first-order valence-electron chi connectivity index (χ1n) is 8.04. The minimum Gasteiger partial charge on any atom is -0.437 e. The highest BCUT2D eigenvalue weighted by Gasteiger charge is 2.16. The molecule has 23 heavy (non-hydrogen) atoms. The predicted octanol–water partition coefficient (Wildman–Crippen LogP) is 3.63. The average molecular weight is 312 g/mol. The number of carbonyl (C=O) groups excluding carboxylic acids is 1. The van der Waals surface area contributed by atoms with E-state index in [1.807, 2.05) is 60.7 Å². The van der Waals surface area contributed by atoms with Gasteiger partial charge in [-0.3, -0.25) is 0 Å². The monoisotopic (exact) mass is 312 g/mol. The third-order valence-corrected chi connectivity index (χ3v) is 3.65. The molecule has 3 N–H and O–H groups in total. The Kier molecular flexibility index (Phi) is 7.14. The van der Waals surface area contributed by atoms with Crippen LogP contribution < -0.4 is 11.1 Å². The number of piperidine rings is 1. The van der Waals surface area contributed by atoms with Gasteiger partial charge in [-0.25, -0.2) is 4.79 Å². The zero-order chi connectivity index (χ0) is 16.3. The summed E-state index contributed by atoms with van der Waals surface area (Å²) in [6.07, 6.45) is 2.99.